The van der Waals surface area contributed by atoms with Crippen molar-refractivity contribution in [2.45, 2.75) is 32.5 Å². The summed E-state index contributed by atoms with van der Waals surface area (Å²) in [4.78, 5) is 6.76. The van der Waals surface area contributed by atoms with Gasteiger partial charge in [-0.1, -0.05) is 15.9 Å². The minimum Gasteiger partial charge on any atom is -0.368 e. The van der Waals surface area contributed by atoms with Crippen molar-refractivity contribution in [1.82, 2.24) is 4.98 Å². The maximum Gasteiger partial charge on any atom is 0.128 e. The number of anilines is 1. The fourth-order valence-corrected chi connectivity index (χ4v) is 2.58. The monoisotopic (exact) mass is 298 g/mol. The molecular weight excluding hydrogens is 280 g/mol. The van der Waals surface area contributed by atoms with E-state index in [-0.39, 0.29) is 11.7 Å². The number of hydrogen-bond donors (Lipinski definition) is 0. The van der Waals surface area contributed by atoms with Crippen LogP contribution in [-0.4, -0.2) is 35.1 Å². The van der Waals surface area contributed by atoms with Crippen LogP contribution in [0.5, 0.6) is 0 Å². The highest BCUT2D eigenvalue weighted by molar-refractivity contribution is 9.09. The molecule has 0 saturated carbocycles. The van der Waals surface area contributed by atoms with Gasteiger partial charge in [0.15, 0.2) is 0 Å². The van der Waals surface area contributed by atoms with Crippen LogP contribution >= 0.6 is 15.9 Å². The number of halogens is 1. The summed E-state index contributed by atoms with van der Waals surface area (Å²) >= 11 is 3.51. The van der Waals surface area contributed by atoms with Gasteiger partial charge in [0.25, 0.3) is 0 Å². The van der Waals surface area contributed by atoms with Crippen LogP contribution in [0.3, 0.4) is 0 Å². The van der Waals surface area contributed by atoms with Crippen molar-refractivity contribution in [1.29, 1.82) is 0 Å². The van der Waals surface area contributed by atoms with Crippen LogP contribution in [0.1, 0.15) is 19.4 Å². The Labute approximate surface area is 111 Å². The Morgan fingerprint density at radius 2 is 2.35 bits per heavy atom. The zero-order chi connectivity index (χ0) is 12.5. The molecular formula is C13H19BrN2O. The highest BCUT2D eigenvalue weighted by atomic mass is 79.9. The molecule has 0 aromatic carbocycles. The number of pyridine rings is 1. The number of rotatable bonds is 2. The second kappa shape index (κ2) is 4.94. The van der Waals surface area contributed by atoms with Crippen molar-refractivity contribution in [2.75, 3.05) is 23.3 Å². The van der Waals surface area contributed by atoms with Gasteiger partial charge < -0.3 is 9.64 Å². The quantitative estimate of drug-likeness (QED) is 0.785. The van der Waals surface area contributed by atoms with Crippen molar-refractivity contribution in [3.63, 3.8) is 0 Å². The Balaban J connectivity index is 2.20. The highest BCUT2D eigenvalue weighted by Crippen LogP contribution is 2.25. The summed E-state index contributed by atoms with van der Waals surface area (Å²) in [6.45, 7) is 8.13. The predicted octanol–water partition coefficient (Wildman–Crippen LogP) is 2.77. The first-order valence-electron chi connectivity index (χ1n) is 5.91. The summed E-state index contributed by atoms with van der Waals surface area (Å²) in [5.41, 5.74) is 1.12. The molecule has 94 valence electrons. The van der Waals surface area contributed by atoms with Crippen LogP contribution in [0, 0.1) is 6.92 Å². The van der Waals surface area contributed by atoms with Gasteiger partial charge in [-0.2, -0.15) is 0 Å². The molecule has 0 amide bonds. The Bertz CT molecular complexity index is 395. The average Bonchev–Trinajstić information content (AvgIpc) is 2.27. The predicted molar refractivity (Wildman–Crippen MR) is 73.9 cm³/mol. The molecule has 1 atom stereocenters. The van der Waals surface area contributed by atoms with Crippen LogP contribution in [-0.2, 0) is 4.74 Å². The van der Waals surface area contributed by atoms with Crippen LogP contribution < -0.4 is 4.90 Å². The third-order valence-corrected chi connectivity index (χ3v) is 3.60. The lowest BCUT2D eigenvalue weighted by atomic mass is 10.1. The summed E-state index contributed by atoms with van der Waals surface area (Å²) in [6.07, 6.45) is 2.09. The number of morpholine rings is 1. The molecule has 2 heterocycles. The van der Waals surface area contributed by atoms with E-state index in [0.717, 1.165) is 24.2 Å². The van der Waals surface area contributed by atoms with Crippen LogP contribution in [0.2, 0.25) is 0 Å². The van der Waals surface area contributed by atoms with Gasteiger partial charge in [-0.05, 0) is 38.5 Å². The van der Waals surface area contributed by atoms with Gasteiger partial charge in [-0.25, -0.2) is 4.98 Å². The zero-order valence-corrected chi connectivity index (χ0v) is 12.2. The average molecular weight is 299 g/mol. The van der Waals surface area contributed by atoms with E-state index < -0.39 is 0 Å². The molecule has 1 unspecified atom stereocenters. The third-order valence-electron chi connectivity index (χ3n) is 2.88. The molecule has 3 nitrogen and oxygen atoms in total. The Morgan fingerprint density at radius 1 is 1.59 bits per heavy atom. The first-order valence-corrected chi connectivity index (χ1v) is 7.04. The number of ether oxygens (including phenoxy) is 1. The van der Waals surface area contributed by atoms with E-state index in [4.69, 9.17) is 4.74 Å². The molecule has 17 heavy (non-hydrogen) atoms. The van der Waals surface area contributed by atoms with Gasteiger partial charge in [0, 0.05) is 24.6 Å². The van der Waals surface area contributed by atoms with E-state index >= 15 is 0 Å². The minimum absolute atomic E-state index is 0.123. The van der Waals surface area contributed by atoms with Gasteiger partial charge in [-0.15, -0.1) is 0 Å². The summed E-state index contributed by atoms with van der Waals surface area (Å²) in [5.74, 6) is 1.05. The lowest BCUT2D eigenvalue weighted by Gasteiger charge is -2.43. The SMILES string of the molecule is Cc1ccnc(N2CC(CBr)OC(C)(C)C2)c1. The number of nitrogens with zero attached hydrogens (tertiary/aromatic N) is 2. The minimum atomic E-state index is -0.123. The lowest BCUT2D eigenvalue weighted by Crippen LogP contribution is -2.53. The smallest absolute Gasteiger partial charge is 0.128 e. The molecule has 0 N–H and O–H groups in total. The maximum absolute atomic E-state index is 5.99. The molecule has 1 saturated heterocycles. The van der Waals surface area contributed by atoms with Crippen molar-refractivity contribution in [2.24, 2.45) is 0 Å². The van der Waals surface area contributed by atoms with E-state index in [1.807, 2.05) is 12.3 Å². The maximum atomic E-state index is 5.99. The fraction of sp³-hybridized carbons (Fsp3) is 0.615. The largest absolute Gasteiger partial charge is 0.368 e. The third kappa shape index (κ3) is 3.19. The number of aryl methyl sites for hydroxylation is 1. The topological polar surface area (TPSA) is 25.4 Å². The molecule has 0 spiro atoms. The summed E-state index contributed by atoms with van der Waals surface area (Å²) in [6, 6.07) is 4.16. The van der Waals surface area contributed by atoms with Gasteiger partial charge in [0.2, 0.25) is 0 Å². The second-order valence-corrected chi connectivity index (χ2v) is 5.87. The van der Waals surface area contributed by atoms with Gasteiger partial charge in [0.1, 0.15) is 5.82 Å². The standard InChI is InChI=1S/C13H19BrN2O/c1-10-4-5-15-12(6-10)16-8-11(7-14)17-13(2,3)9-16/h4-6,11H,7-9H2,1-3H3. The Hall–Kier alpha value is -0.610. The number of hydrogen-bond acceptors (Lipinski definition) is 3. The molecule has 1 aliphatic heterocycles. The molecule has 2 rings (SSSR count). The molecule has 1 fully saturated rings. The lowest BCUT2D eigenvalue weighted by molar-refractivity contribution is -0.0726. The van der Waals surface area contributed by atoms with E-state index in [2.05, 4.69) is 52.7 Å². The molecule has 1 aromatic rings. The highest BCUT2D eigenvalue weighted by Gasteiger charge is 2.33. The summed E-state index contributed by atoms with van der Waals surface area (Å²) < 4.78 is 5.99. The number of alkyl halides is 1. The zero-order valence-electron chi connectivity index (χ0n) is 10.6. The molecule has 0 aliphatic carbocycles. The van der Waals surface area contributed by atoms with Crippen LogP contribution in [0.4, 0.5) is 5.82 Å². The van der Waals surface area contributed by atoms with Crippen molar-refractivity contribution in [3.05, 3.63) is 23.9 Å². The van der Waals surface area contributed by atoms with Crippen molar-refractivity contribution in [3.8, 4) is 0 Å². The molecule has 4 heteroatoms. The Kier molecular flexibility index (Phi) is 3.73. The van der Waals surface area contributed by atoms with E-state index in [0.29, 0.717) is 0 Å². The molecule has 1 aliphatic rings. The summed E-state index contributed by atoms with van der Waals surface area (Å²) in [5, 5.41) is 0.860. The normalized spacial score (nSPS) is 23.8. The fourth-order valence-electron chi connectivity index (χ4n) is 2.24. The van der Waals surface area contributed by atoms with Gasteiger partial charge in [0.05, 0.1) is 11.7 Å². The number of aromatic nitrogens is 1. The van der Waals surface area contributed by atoms with Crippen molar-refractivity contribution >= 4 is 21.7 Å². The van der Waals surface area contributed by atoms with E-state index in [9.17, 15) is 0 Å². The Morgan fingerprint density at radius 3 is 3.00 bits per heavy atom. The molecule has 1 aromatic heterocycles. The van der Waals surface area contributed by atoms with Crippen LogP contribution in [0.15, 0.2) is 18.3 Å². The molecule has 0 bridgehead atoms. The first-order chi connectivity index (χ1) is 8.00. The summed E-state index contributed by atoms with van der Waals surface area (Å²) in [7, 11) is 0. The van der Waals surface area contributed by atoms with Gasteiger partial charge in [-0.3, -0.25) is 0 Å². The second-order valence-electron chi connectivity index (χ2n) is 5.23. The molecule has 0 radical (unpaired) electrons. The van der Waals surface area contributed by atoms with E-state index in [1.54, 1.807) is 0 Å². The van der Waals surface area contributed by atoms with E-state index in [1.165, 1.54) is 5.56 Å². The first kappa shape index (κ1) is 12.8. The van der Waals surface area contributed by atoms with Gasteiger partial charge >= 0.3 is 0 Å². The van der Waals surface area contributed by atoms with Crippen LogP contribution in [0.25, 0.3) is 0 Å². The van der Waals surface area contributed by atoms with Crippen molar-refractivity contribution < 1.29 is 4.74 Å².